The number of carbonyl (C=O) groups excluding carboxylic acids is 2. The Kier molecular flexibility index (Phi) is 7.57. The summed E-state index contributed by atoms with van der Waals surface area (Å²) in [5, 5.41) is 2.83. The lowest BCUT2D eigenvalue weighted by Crippen LogP contribution is -2.40. The normalized spacial score (nSPS) is 18.7. The molecule has 0 saturated carbocycles. The molecule has 4 rings (SSSR count). The summed E-state index contributed by atoms with van der Waals surface area (Å²) >= 11 is 0. The number of nitrogens with one attached hydrogen (secondary N) is 1. The average Bonchev–Trinajstić information content (AvgIpc) is 2.85. The number of anilines is 1. The highest BCUT2D eigenvalue weighted by Crippen LogP contribution is 2.24. The van der Waals surface area contributed by atoms with Crippen molar-refractivity contribution in [1.82, 2.24) is 9.21 Å². The number of Topliss-reactive ketones (excluding diaryl/α,β-unsaturated/α-hetero) is 1. The van der Waals surface area contributed by atoms with Crippen LogP contribution in [-0.4, -0.2) is 62.0 Å². The number of likely N-dealkylation sites (tertiary alicyclic amines) is 1. The molecule has 8 heteroatoms. The molecular weight excluding hydrogens is 438 g/mol. The molecule has 0 aliphatic carbocycles. The number of piperidine rings is 2. The quantitative estimate of drug-likeness (QED) is 0.628. The molecule has 33 heavy (non-hydrogen) atoms. The van der Waals surface area contributed by atoms with Gasteiger partial charge in [-0.25, -0.2) is 8.42 Å². The van der Waals surface area contributed by atoms with E-state index in [0.717, 1.165) is 37.7 Å². The maximum Gasteiger partial charge on any atom is 0.243 e. The minimum atomic E-state index is -3.55. The van der Waals surface area contributed by atoms with Gasteiger partial charge in [-0.15, -0.1) is 0 Å². The van der Waals surface area contributed by atoms with Crippen molar-refractivity contribution in [3.63, 3.8) is 0 Å². The van der Waals surface area contributed by atoms with E-state index in [1.165, 1.54) is 10.4 Å². The zero-order chi connectivity index (χ0) is 23.3. The third kappa shape index (κ3) is 5.88. The molecule has 7 nitrogen and oxygen atoms in total. The first-order valence-electron chi connectivity index (χ1n) is 11.7. The van der Waals surface area contributed by atoms with Crippen LogP contribution in [0.15, 0.2) is 59.5 Å². The van der Waals surface area contributed by atoms with Gasteiger partial charge in [0.15, 0.2) is 5.78 Å². The molecule has 0 bridgehead atoms. The molecule has 2 aliphatic rings. The molecule has 2 saturated heterocycles. The molecule has 2 aromatic carbocycles. The van der Waals surface area contributed by atoms with Crippen LogP contribution in [0.3, 0.4) is 0 Å². The van der Waals surface area contributed by atoms with Crippen molar-refractivity contribution >= 4 is 27.4 Å². The maximum absolute atomic E-state index is 12.9. The topological polar surface area (TPSA) is 86.8 Å². The summed E-state index contributed by atoms with van der Waals surface area (Å²) in [6, 6.07) is 15.8. The first-order valence-corrected chi connectivity index (χ1v) is 13.1. The standard InChI is InChI=1S/C25H31N3O4S/c29-24(19-27-16-12-21(13-17-27)25(30)20-8-3-1-4-9-20)26-22-10-7-11-23(18-22)33(31,32)28-14-5-2-6-15-28/h1,3-4,7-11,18,21H,2,5-6,12-17,19H2,(H,26,29). The molecule has 0 atom stereocenters. The number of nitrogens with zero attached hydrogens (tertiary/aromatic N) is 2. The van der Waals surface area contributed by atoms with Crippen molar-refractivity contribution in [3.05, 3.63) is 60.2 Å². The molecule has 0 unspecified atom stereocenters. The number of benzene rings is 2. The predicted molar refractivity (Wildman–Crippen MR) is 128 cm³/mol. The number of ketones is 1. The van der Waals surface area contributed by atoms with Crippen molar-refractivity contribution in [3.8, 4) is 0 Å². The summed E-state index contributed by atoms with van der Waals surface area (Å²) in [4.78, 5) is 27.5. The van der Waals surface area contributed by atoms with Gasteiger partial charge in [0.25, 0.3) is 0 Å². The van der Waals surface area contributed by atoms with Crippen molar-refractivity contribution in [1.29, 1.82) is 0 Å². The summed E-state index contributed by atoms with van der Waals surface area (Å²) in [6.07, 6.45) is 4.27. The van der Waals surface area contributed by atoms with E-state index in [1.54, 1.807) is 18.2 Å². The highest BCUT2D eigenvalue weighted by Gasteiger charge is 2.28. The lowest BCUT2D eigenvalue weighted by Gasteiger charge is -2.30. The Morgan fingerprint density at radius 2 is 1.58 bits per heavy atom. The number of sulfonamides is 1. The van der Waals surface area contributed by atoms with Gasteiger partial charge >= 0.3 is 0 Å². The molecule has 2 heterocycles. The van der Waals surface area contributed by atoms with Crippen LogP contribution in [-0.2, 0) is 14.8 Å². The second kappa shape index (κ2) is 10.6. The van der Waals surface area contributed by atoms with E-state index in [0.29, 0.717) is 31.9 Å². The van der Waals surface area contributed by atoms with Crippen LogP contribution in [0.4, 0.5) is 5.69 Å². The first-order chi connectivity index (χ1) is 15.9. The van der Waals surface area contributed by atoms with Gasteiger partial charge in [0.05, 0.1) is 11.4 Å². The predicted octanol–water partition coefficient (Wildman–Crippen LogP) is 3.39. The minimum Gasteiger partial charge on any atom is -0.325 e. The second-order valence-electron chi connectivity index (χ2n) is 8.82. The van der Waals surface area contributed by atoms with Crippen LogP contribution < -0.4 is 5.32 Å². The zero-order valence-corrected chi connectivity index (χ0v) is 19.6. The largest absolute Gasteiger partial charge is 0.325 e. The molecule has 0 spiro atoms. The number of rotatable bonds is 7. The minimum absolute atomic E-state index is 0.0108. The van der Waals surface area contributed by atoms with Gasteiger partial charge in [0, 0.05) is 30.3 Å². The fourth-order valence-corrected chi connectivity index (χ4v) is 6.15. The van der Waals surface area contributed by atoms with Gasteiger partial charge in [-0.1, -0.05) is 42.8 Å². The van der Waals surface area contributed by atoms with Crippen LogP contribution in [0.5, 0.6) is 0 Å². The monoisotopic (exact) mass is 469 g/mol. The van der Waals surface area contributed by atoms with E-state index in [2.05, 4.69) is 5.32 Å². The van der Waals surface area contributed by atoms with Gasteiger partial charge in [-0.3, -0.25) is 14.5 Å². The summed E-state index contributed by atoms with van der Waals surface area (Å²) < 4.78 is 27.3. The number of amides is 1. The van der Waals surface area contributed by atoms with Crippen LogP contribution >= 0.6 is 0 Å². The Labute approximate surface area is 195 Å². The molecule has 0 radical (unpaired) electrons. The van der Waals surface area contributed by atoms with Gasteiger partial charge < -0.3 is 5.32 Å². The van der Waals surface area contributed by atoms with Gasteiger partial charge in [-0.2, -0.15) is 4.31 Å². The Balaban J connectivity index is 1.30. The van der Waals surface area contributed by atoms with Crippen molar-refractivity contribution in [2.24, 2.45) is 5.92 Å². The van der Waals surface area contributed by atoms with Crippen molar-refractivity contribution in [2.75, 3.05) is 38.0 Å². The highest BCUT2D eigenvalue weighted by atomic mass is 32.2. The molecular formula is C25H31N3O4S. The molecule has 2 fully saturated rings. The van der Waals surface area contributed by atoms with E-state index in [9.17, 15) is 18.0 Å². The summed E-state index contributed by atoms with van der Waals surface area (Å²) in [5.41, 5.74) is 1.22. The molecule has 1 amide bonds. The molecule has 176 valence electrons. The third-order valence-electron chi connectivity index (χ3n) is 6.45. The fraction of sp³-hybridized carbons (Fsp3) is 0.440. The van der Waals surface area contributed by atoms with Gasteiger partial charge in [-0.05, 0) is 57.0 Å². The Morgan fingerprint density at radius 1 is 0.879 bits per heavy atom. The number of carbonyl (C=O) groups is 2. The van der Waals surface area contributed by atoms with Crippen LogP contribution in [0.2, 0.25) is 0 Å². The van der Waals surface area contributed by atoms with E-state index in [-0.39, 0.29) is 29.0 Å². The number of hydrogen-bond donors (Lipinski definition) is 1. The van der Waals surface area contributed by atoms with Gasteiger partial charge in [0.1, 0.15) is 0 Å². The number of hydrogen-bond acceptors (Lipinski definition) is 5. The Morgan fingerprint density at radius 3 is 2.27 bits per heavy atom. The molecule has 0 aromatic heterocycles. The second-order valence-corrected chi connectivity index (χ2v) is 10.8. The lowest BCUT2D eigenvalue weighted by atomic mass is 9.89. The zero-order valence-electron chi connectivity index (χ0n) is 18.8. The SMILES string of the molecule is O=C(CN1CCC(C(=O)c2ccccc2)CC1)Nc1cccc(S(=O)(=O)N2CCCCC2)c1. The smallest absolute Gasteiger partial charge is 0.243 e. The average molecular weight is 470 g/mol. The van der Waals surface area contributed by atoms with Crippen LogP contribution in [0.1, 0.15) is 42.5 Å². The van der Waals surface area contributed by atoms with Crippen molar-refractivity contribution < 1.29 is 18.0 Å². The van der Waals surface area contributed by atoms with E-state index < -0.39 is 10.0 Å². The summed E-state index contributed by atoms with van der Waals surface area (Å²) in [6.45, 7) is 2.67. The molecule has 2 aliphatic heterocycles. The molecule has 2 aromatic rings. The third-order valence-corrected chi connectivity index (χ3v) is 8.35. The van der Waals surface area contributed by atoms with E-state index in [1.807, 2.05) is 35.2 Å². The van der Waals surface area contributed by atoms with Crippen molar-refractivity contribution in [2.45, 2.75) is 37.0 Å². The maximum atomic E-state index is 12.9. The summed E-state index contributed by atoms with van der Waals surface area (Å²) in [5.74, 6) is -0.0230. The Hall–Kier alpha value is -2.55. The van der Waals surface area contributed by atoms with Crippen LogP contribution in [0.25, 0.3) is 0 Å². The van der Waals surface area contributed by atoms with E-state index >= 15 is 0 Å². The molecule has 1 N–H and O–H groups in total. The lowest BCUT2D eigenvalue weighted by molar-refractivity contribution is -0.117. The highest BCUT2D eigenvalue weighted by molar-refractivity contribution is 7.89. The fourth-order valence-electron chi connectivity index (χ4n) is 4.58. The van der Waals surface area contributed by atoms with Gasteiger partial charge in [0.2, 0.25) is 15.9 Å². The van der Waals surface area contributed by atoms with Crippen LogP contribution in [0, 0.1) is 5.92 Å². The van der Waals surface area contributed by atoms with E-state index in [4.69, 9.17) is 0 Å². The Bertz CT molecular complexity index is 1070. The first kappa shape index (κ1) is 23.6. The summed E-state index contributed by atoms with van der Waals surface area (Å²) in [7, 11) is -3.55.